The highest BCUT2D eigenvalue weighted by Gasteiger charge is 2.47. The molecule has 0 aromatic carbocycles. The minimum Gasteiger partial charge on any atom is -0.481 e. The summed E-state index contributed by atoms with van der Waals surface area (Å²) in [4.78, 5) is 20.6. The molecule has 2 aromatic rings. The molecule has 0 radical (unpaired) electrons. The Morgan fingerprint density at radius 3 is 2.73 bits per heavy atom. The number of aryl methyl sites for hydroxylation is 2. The van der Waals surface area contributed by atoms with E-state index in [1.165, 1.54) is 15.8 Å². The van der Waals surface area contributed by atoms with Crippen molar-refractivity contribution in [2.75, 3.05) is 11.4 Å². The molecule has 10 heteroatoms. The first-order valence-corrected chi connectivity index (χ1v) is 8.38. The number of carboxylic acids is 1. The van der Waals surface area contributed by atoms with Crippen molar-refractivity contribution in [2.45, 2.75) is 44.8 Å². The van der Waals surface area contributed by atoms with Gasteiger partial charge < -0.3 is 10.0 Å². The van der Waals surface area contributed by atoms with Gasteiger partial charge in [-0.05, 0) is 32.1 Å². The number of fused-ring (bicyclic) bond motifs is 1. The minimum atomic E-state index is -4.40. The number of aromatic nitrogens is 4. The Morgan fingerprint density at radius 2 is 2.08 bits per heavy atom. The standard InChI is InChI=1S/C16H20F3N5O2/c1-9-21-14-11(7-20-23(14)2)15(22-9)24-8-10(4-6-13(25)26)3-5-12(24)16(17,18)19/h7,10,12H,3-6,8H2,1-2H3,(H,25,26). The Hall–Kier alpha value is -2.39. The molecule has 1 fully saturated rings. The largest absolute Gasteiger partial charge is 0.481 e. The normalized spacial score (nSPS) is 21.3. The molecule has 2 aromatic heterocycles. The van der Waals surface area contributed by atoms with Crippen LogP contribution in [0.2, 0.25) is 0 Å². The Labute approximate surface area is 147 Å². The Bertz CT molecular complexity index is 820. The number of nitrogens with zero attached hydrogens (tertiary/aromatic N) is 5. The highest BCUT2D eigenvalue weighted by atomic mass is 19.4. The van der Waals surface area contributed by atoms with Crippen molar-refractivity contribution in [3.8, 4) is 0 Å². The van der Waals surface area contributed by atoms with Gasteiger partial charge in [-0.2, -0.15) is 18.3 Å². The number of hydrogen-bond donors (Lipinski definition) is 1. The third kappa shape index (κ3) is 3.58. The molecule has 1 aliphatic heterocycles. The van der Waals surface area contributed by atoms with Crippen LogP contribution in [-0.4, -0.2) is 49.6 Å². The van der Waals surface area contributed by atoms with E-state index < -0.39 is 18.2 Å². The molecule has 142 valence electrons. The van der Waals surface area contributed by atoms with Crippen LogP contribution >= 0.6 is 0 Å². The zero-order valence-electron chi connectivity index (χ0n) is 14.5. The van der Waals surface area contributed by atoms with E-state index in [0.717, 1.165) is 0 Å². The lowest BCUT2D eigenvalue weighted by Gasteiger charge is -2.41. The number of anilines is 1. The van der Waals surface area contributed by atoms with Crippen molar-refractivity contribution in [2.24, 2.45) is 13.0 Å². The molecular formula is C16H20F3N5O2. The van der Waals surface area contributed by atoms with Crippen molar-refractivity contribution in [1.29, 1.82) is 0 Å². The summed E-state index contributed by atoms with van der Waals surface area (Å²) in [5.41, 5.74) is 0.473. The van der Waals surface area contributed by atoms with Crippen molar-refractivity contribution in [3.63, 3.8) is 0 Å². The number of carboxylic acid groups (broad SMARTS) is 1. The van der Waals surface area contributed by atoms with E-state index in [4.69, 9.17) is 5.11 Å². The zero-order chi connectivity index (χ0) is 19.1. The van der Waals surface area contributed by atoms with Gasteiger partial charge in [-0.15, -0.1) is 0 Å². The maximum absolute atomic E-state index is 13.6. The number of aliphatic carboxylic acids is 1. The molecule has 0 saturated carbocycles. The minimum absolute atomic E-state index is 0.0553. The summed E-state index contributed by atoms with van der Waals surface area (Å²) in [6.45, 7) is 1.74. The van der Waals surface area contributed by atoms with Crippen LogP contribution < -0.4 is 4.90 Å². The lowest BCUT2D eigenvalue weighted by molar-refractivity contribution is -0.154. The van der Waals surface area contributed by atoms with Crippen molar-refractivity contribution in [3.05, 3.63) is 12.0 Å². The van der Waals surface area contributed by atoms with Gasteiger partial charge in [0.1, 0.15) is 17.7 Å². The second-order valence-corrected chi connectivity index (χ2v) is 6.69. The van der Waals surface area contributed by atoms with Gasteiger partial charge >= 0.3 is 12.1 Å². The van der Waals surface area contributed by atoms with E-state index in [1.807, 2.05) is 0 Å². The molecular weight excluding hydrogens is 351 g/mol. The Kier molecular flexibility index (Phi) is 4.76. The first kappa shape index (κ1) is 18.4. The number of alkyl halides is 3. The molecule has 2 unspecified atom stereocenters. The maximum Gasteiger partial charge on any atom is 0.408 e. The number of hydrogen-bond acceptors (Lipinski definition) is 5. The van der Waals surface area contributed by atoms with Gasteiger partial charge in [-0.3, -0.25) is 9.48 Å². The zero-order valence-corrected chi connectivity index (χ0v) is 14.5. The molecule has 0 bridgehead atoms. The summed E-state index contributed by atoms with van der Waals surface area (Å²) in [6, 6.07) is -1.65. The summed E-state index contributed by atoms with van der Waals surface area (Å²) in [7, 11) is 1.67. The molecule has 3 heterocycles. The number of rotatable bonds is 4. The van der Waals surface area contributed by atoms with Crippen LogP contribution in [0.3, 0.4) is 0 Å². The number of carbonyl (C=O) groups is 1. The highest BCUT2D eigenvalue weighted by molar-refractivity contribution is 5.87. The molecule has 1 saturated heterocycles. The summed E-state index contributed by atoms with van der Waals surface area (Å²) in [6.07, 6.45) is -2.38. The molecule has 1 N–H and O–H groups in total. The van der Waals surface area contributed by atoms with Crippen LogP contribution in [0, 0.1) is 12.8 Å². The maximum atomic E-state index is 13.6. The van der Waals surface area contributed by atoms with Gasteiger partial charge in [-0.1, -0.05) is 0 Å². The average Bonchev–Trinajstić information content (AvgIpc) is 2.92. The van der Waals surface area contributed by atoms with Crippen LogP contribution in [0.1, 0.15) is 31.5 Å². The van der Waals surface area contributed by atoms with E-state index in [9.17, 15) is 18.0 Å². The van der Waals surface area contributed by atoms with Crippen LogP contribution in [-0.2, 0) is 11.8 Å². The van der Waals surface area contributed by atoms with E-state index in [-0.39, 0.29) is 31.1 Å². The van der Waals surface area contributed by atoms with E-state index in [0.29, 0.717) is 29.7 Å². The first-order chi connectivity index (χ1) is 12.2. The lowest BCUT2D eigenvalue weighted by Crippen LogP contribution is -2.51. The Balaban J connectivity index is 2.00. The molecule has 1 aliphatic rings. The van der Waals surface area contributed by atoms with Gasteiger partial charge in [-0.25, -0.2) is 9.97 Å². The SMILES string of the molecule is Cc1nc(N2CC(CCC(=O)O)CCC2C(F)(F)F)c2cnn(C)c2n1. The molecule has 7 nitrogen and oxygen atoms in total. The summed E-state index contributed by atoms with van der Waals surface area (Å²) < 4.78 is 42.4. The second-order valence-electron chi connectivity index (χ2n) is 6.69. The molecule has 0 aliphatic carbocycles. The van der Waals surface area contributed by atoms with Crippen molar-refractivity contribution >= 4 is 22.8 Å². The van der Waals surface area contributed by atoms with E-state index >= 15 is 0 Å². The highest BCUT2D eigenvalue weighted by Crippen LogP contribution is 2.39. The summed E-state index contributed by atoms with van der Waals surface area (Å²) in [5.74, 6) is -0.499. The fraction of sp³-hybridized carbons (Fsp3) is 0.625. The smallest absolute Gasteiger partial charge is 0.408 e. The van der Waals surface area contributed by atoms with Crippen LogP contribution in [0.25, 0.3) is 11.0 Å². The Morgan fingerprint density at radius 1 is 1.35 bits per heavy atom. The predicted octanol–water partition coefficient (Wildman–Crippen LogP) is 2.68. The summed E-state index contributed by atoms with van der Waals surface area (Å²) in [5, 5.41) is 13.4. The molecule has 26 heavy (non-hydrogen) atoms. The van der Waals surface area contributed by atoms with E-state index in [1.54, 1.807) is 14.0 Å². The molecule has 3 rings (SSSR count). The van der Waals surface area contributed by atoms with Gasteiger partial charge in [0.2, 0.25) is 0 Å². The van der Waals surface area contributed by atoms with Crippen LogP contribution in [0.5, 0.6) is 0 Å². The van der Waals surface area contributed by atoms with Gasteiger partial charge in [0.25, 0.3) is 0 Å². The fourth-order valence-electron chi connectivity index (χ4n) is 3.52. The van der Waals surface area contributed by atoms with E-state index in [2.05, 4.69) is 15.1 Å². The number of piperidine rings is 1. The third-order valence-corrected chi connectivity index (χ3v) is 4.78. The third-order valence-electron chi connectivity index (χ3n) is 4.78. The topological polar surface area (TPSA) is 84.1 Å². The van der Waals surface area contributed by atoms with Gasteiger partial charge in [0.05, 0.1) is 11.6 Å². The van der Waals surface area contributed by atoms with Crippen molar-refractivity contribution < 1.29 is 23.1 Å². The van der Waals surface area contributed by atoms with Crippen LogP contribution in [0.15, 0.2) is 6.20 Å². The molecule has 0 amide bonds. The average molecular weight is 371 g/mol. The van der Waals surface area contributed by atoms with Gasteiger partial charge in [0.15, 0.2) is 5.65 Å². The quantitative estimate of drug-likeness (QED) is 0.890. The second kappa shape index (κ2) is 6.73. The fourth-order valence-corrected chi connectivity index (χ4v) is 3.52. The molecule has 0 spiro atoms. The summed E-state index contributed by atoms with van der Waals surface area (Å²) >= 11 is 0. The van der Waals surface area contributed by atoms with Gasteiger partial charge in [0, 0.05) is 20.0 Å². The number of halogens is 3. The lowest BCUT2D eigenvalue weighted by atomic mass is 9.89. The molecule has 2 atom stereocenters. The van der Waals surface area contributed by atoms with Crippen molar-refractivity contribution in [1.82, 2.24) is 19.7 Å². The first-order valence-electron chi connectivity index (χ1n) is 8.38. The van der Waals surface area contributed by atoms with Crippen LogP contribution in [0.4, 0.5) is 19.0 Å². The monoisotopic (exact) mass is 371 g/mol. The predicted molar refractivity (Wildman–Crippen MR) is 87.8 cm³/mol.